The van der Waals surface area contributed by atoms with Gasteiger partial charge in [-0.2, -0.15) is 9.78 Å². The first-order chi connectivity index (χ1) is 16.6. The second kappa shape index (κ2) is 9.46. The van der Waals surface area contributed by atoms with Crippen molar-refractivity contribution in [1.82, 2.24) is 19.3 Å². The lowest BCUT2D eigenvalue weighted by Crippen LogP contribution is -2.24. The summed E-state index contributed by atoms with van der Waals surface area (Å²) >= 11 is 0. The Hall–Kier alpha value is -4.01. The maximum absolute atomic E-state index is 13.9. The topological polar surface area (TPSA) is 74.0 Å². The van der Waals surface area contributed by atoms with Gasteiger partial charge in [0.1, 0.15) is 35.3 Å². The molecule has 0 bridgehead atoms. The SMILES string of the molecule is O=c1n(Cc2c(F)cccc2F)cnn1-c1ccc(Oc2ccnc(NCC3CCC3)c2)cc1. The van der Waals surface area contributed by atoms with Gasteiger partial charge < -0.3 is 10.1 Å². The summed E-state index contributed by atoms with van der Waals surface area (Å²) in [5.74, 6) is 1.30. The number of benzene rings is 2. The highest BCUT2D eigenvalue weighted by Crippen LogP contribution is 2.27. The standard InChI is InChI=1S/C25H23F2N5O2/c26-22-5-2-6-23(27)21(22)15-31-16-30-32(25(31)33)18-7-9-19(10-8-18)34-20-11-12-28-24(13-20)29-14-17-3-1-4-17/h2,5-13,16-17H,1,3-4,14-15H2,(H,28,29). The van der Waals surface area contributed by atoms with E-state index in [0.717, 1.165) is 39.7 Å². The summed E-state index contributed by atoms with van der Waals surface area (Å²) in [6.07, 6.45) is 6.77. The van der Waals surface area contributed by atoms with E-state index in [-0.39, 0.29) is 12.1 Å². The van der Waals surface area contributed by atoms with Gasteiger partial charge in [0.05, 0.1) is 12.2 Å². The van der Waals surface area contributed by atoms with Crippen LogP contribution in [0.3, 0.4) is 0 Å². The predicted molar refractivity (Wildman–Crippen MR) is 123 cm³/mol. The number of nitrogens with zero attached hydrogens (tertiary/aromatic N) is 4. The van der Waals surface area contributed by atoms with Crippen LogP contribution in [0, 0.1) is 17.6 Å². The summed E-state index contributed by atoms with van der Waals surface area (Å²) < 4.78 is 36.1. The lowest BCUT2D eigenvalue weighted by molar-refractivity contribution is 0.333. The molecular formula is C25H23F2N5O2. The molecule has 0 atom stereocenters. The molecule has 5 rings (SSSR count). The molecule has 9 heteroatoms. The van der Waals surface area contributed by atoms with Crippen molar-refractivity contribution in [2.75, 3.05) is 11.9 Å². The fourth-order valence-electron chi connectivity index (χ4n) is 3.78. The van der Waals surface area contributed by atoms with E-state index < -0.39 is 17.3 Å². The maximum atomic E-state index is 13.9. The number of hydrogen-bond acceptors (Lipinski definition) is 5. The Labute approximate surface area is 194 Å². The van der Waals surface area contributed by atoms with E-state index in [4.69, 9.17) is 4.74 Å². The van der Waals surface area contributed by atoms with Gasteiger partial charge in [0.15, 0.2) is 0 Å². The summed E-state index contributed by atoms with van der Waals surface area (Å²) in [6, 6.07) is 14.0. The first-order valence-electron chi connectivity index (χ1n) is 11.1. The zero-order valence-corrected chi connectivity index (χ0v) is 18.3. The Kier molecular flexibility index (Phi) is 6.07. The average Bonchev–Trinajstić information content (AvgIpc) is 3.16. The fraction of sp³-hybridized carbons (Fsp3) is 0.240. The lowest BCUT2D eigenvalue weighted by atomic mass is 9.85. The van der Waals surface area contributed by atoms with Gasteiger partial charge in [-0.15, -0.1) is 0 Å². The number of nitrogens with one attached hydrogen (secondary N) is 1. The smallest absolute Gasteiger partial charge is 0.350 e. The quantitative estimate of drug-likeness (QED) is 0.408. The van der Waals surface area contributed by atoms with E-state index in [2.05, 4.69) is 15.4 Å². The first-order valence-corrected chi connectivity index (χ1v) is 11.1. The zero-order valence-electron chi connectivity index (χ0n) is 18.3. The summed E-state index contributed by atoms with van der Waals surface area (Å²) in [7, 11) is 0. The number of pyridine rings is 1. The number of hydrogen-bond donors (Lipinski definition) is 1. The van der Waals surface area contributed by atoms with E-state index in [9.17, 15) is 13.6 Å². The second-order valence-electron chi connectivity index (χ2n) is 8.30. The number of aromatic nitrogens is 4. The predicted octanol–water partition coefficient (Wildman–Crippen LogP) is 4.76. The van der Waals surface area contributed by atoms with Gasteiger partial charge in [-0.3, -0.25) is 4.57 Å². The Morgan fingerprint density at radius 3 is 2.50 bits per heavy atom. The molecule has 1 aliphatic carbocycles. The van der Waals surface area contributed by atoms with Crippen LogP contribution < -0.4 is 15.7 Å². The van der Waals surface area contributed by atoms with Crippen molar-refractivity contribution < 1.29 is 13.5 Å². The molecule has 2 aromatic heterocycles. The number of halogens is 2. The Balaban J connectivity index is 1.27. The minimum Gasteiger partial charge on any atom is -0.457 e. The van der Waals surface area contributed by atoms with E-state index in [1.165, 1.54) is 31.7 Å². The van der Waals surface area contributed by atoms with Crippen LogP contribution in [0.1, 0.15) is 24.8 Å². The second-order valence-corrected chi connectivity index (χ2v) is 8.30. The molecular weight excluding hydrogens is 440 g/mol. The molecule has 1 saturated carbocycles. The third-order valence-electron chi connectivity index (χ3n) is 5.97. The Morgan fingerprint density at radius 2 is 1.79 bits per heavy atom. The van der Waals surface area contributed by atoms with Gasteiger partial charge in [0.2, 0.25) is 0 Å². The highest BCUT2D eigenvalue weighted by Gasteiger charge is 2.17. The molecule has 1 aliphatic rings. The van der Waals surface area contributed by atoms with Crippen molar-refractivity contribution in [3.05, 3.63) is 94.8 Å². The minimum absolute atomic E-state index is 0.188. The van der Waals surface area contributed by atoms with Crippen molar-refractivity contribution >= 4 is 5.82 Å². The molecule has 1 fully saturated rings. The van der Waals surface area contributed by atoms with Gasteiger partial charge in [-0.1, -0.05) is 12.5 Å². The molecule has 34 heavy (non-hydrogen) atoms. The van der Waals surface area contributed by atoms with Gasteiger partial charge in [-0.25, -0.2) is 18.6 Å². The molecule has 0 amide bonds. The molecule has 7 nitrogen and oxygen atoms in total. The first kappa shape index (κ1) is 21.8. The summed E-state index contributed by atoms with van der Waals surface area (Å²) in [5, 5.41) is 7.43. The molecule has 2 heterocycles. The monoisotopic (exact) mass is 463 g/mol. The molecule has 0 saturated heterocycles. The molecule has 4 aromatic rings. The molecule has 174 valence electrons. The van der Waals surface area contributed by atoms with Crippen molar-refractivity contribution in [2.45, 2.75) is 25.8 Å². The van der Waals surface area contributed by atoms with Crippen LogP contribution in [-0.2, 0) is 6.54 Å². The van der Waals surface area contributed by atoms with Crippen LogP contribution in [0.4, 0.5) is 14.6 Å². The number of rotatable bonds is 8. The number of ether oxygens (including phenoxy) is 1. The molecule has 0 spiro atoms. The normalized spacial score (nSPS) is 13.5. The summed E-state index contributed by atoms with van der Waals surface area (Å²) in [4.78, 5) is 17.0. The fourth-order valence-corrected chi connectivity index (χ4v) is 3.78. The molecule has 0 aliphatic heterocycles. The third kappa shape index (κ3) is 4.68. The highest BCUT2D eigenvalue weighted by molar-refractivity contribution is 5.44. The number of anilines is 1. The van der Waals surface area contributed by atoms with E-state index >= 15 is 0 Å². The van der Waals surface area contributed by atoms with E-state index in [1.54, 1.807) is 36.5 Å². The minimum atomic E-state index is -0.710. The largest absolute Gasteiger partial charge is 0.457 e. The van der Waals surface area contributed by atoms with Gasteiger partial charge in [0, 0.05) is 24.4 Å². The Morgan fingerprint density at radius 1 is 1.03 bits per heavy atom. The molecule has 0 unspecified atom stereocenters. The van der Waals surface area contributed by atoms with Crippen LogP contribution in [0.15, 0.2) is 71.9 Å². The molecule has 0 radical (unpaired) electrons. The van der Waals surface area contributed by atoms with Crippen LogP contribution in [0.2, 0.25) is 0 Å². The van der Waals surface area contributed by atoms with Crippen molar-refractivity contribution in [1.29, 1.82) is 0 Å². The molecule has 2 aromatic carbocycles. The summed E-state index contributed by atoms with van der Waals surface area (Å²) in [5.41, 5.74) is -0.192. The average molecular weight is 463 g/mol. The van der Waals surface area contributed by atoms with Crippen molar-refractivity contribution in [3.63, 3.8) is 0 Å². The van der Waals surface area contributed by atoms with Gasteiger partial charge in [-0.05, 0) is 61.2 Å². The van der Waals surface area contributed by atoms with E-state index in [1.807, 2.05) is 6.07 Å². The van der Waals surface area contributed by atoms with Crippen LogP contribution in [0.5, 0.6) is 11.5 Å². The van der Waals surface area contributed by atoms with Crippen molar-refractivity contribution in [3.8, 4) is 17.2 Å². The van der Waals surface area contributed by atoms with Crippen LogP contribution in [0.25, 0.3) is 5.69 Å². The van der Waals surface area contributed by atoms with Crippen LogP contribution in [-0.4, -0.2) is 25.9 Å². The highest BCUT2D eigenvalue weighted by atomic mass is 19.1. The zero-order chi connectivity index (χ0) is 23.5. The van der Waals surface area contributed by atoms with Crippen LogP contribution >= 0.6 is 0 Å². The van der Waals surface area contributed by atoms with E-state index in [0.29, 0.717) is 17.2 Å². The van der Waals surface area contributed by atoms with Gasteiger partial charge >= 0.3 is 5.69 Å². The summed E-state index contributed by atoms with van der Waals surface area (Å²) in [6.45, 7) is 0.661. The van der Waals surface area contributed by atoms with Gasteiger partial charge in [0.25, 0.3) is 0 Å². The lowest BCUT2D eigenvalue weighted by Gasteiger charge is -2.25. The molecule has 1 N–H and O–H groups in total. The third-order valence-corrected chi connectivity index (χ3v) is 5.97. The van der Waals surface area contributed by atoms with Crippen molar-refractivity contribution in [2.24, 2.45) is 5.92 Å². The Bertz CT molecular complexity index is 1330. The maximum Gasteiger partial charge on any atom is 0.350 e.